The Kier molecular flexibility index (Phi) is 5.99. The van der Waals surface area contributed by atoms with Gasteiger partial charge in [-0.05, 0) is 18.2 Å². The van der Waals surface area contributed by atoms with Crippen LogP contribution in [0.3, 0.4) is 0 Å². The van der Waals surface area contributed by atoms with Crippen LogP contribution in [0.2, 0.25) is 0 Å². The van der Waals surface area contributed by atoms with Crippen LogP contribution in [-0.4, -0.2) is 33.5 Å². The van der Waals surface area contributed by atoms with E-state index in [0.29, 0.717) is 6.07 Å². The van der Waals surface area contributed by atoms with Gasteiger partial charge in [0.05, 0.1) is 23.1 Å². The van der Waals surface area contributed by atoms with Crippen LogP contribution in [0.25, 0.3) is 0 Å². The molecule has 0 aromatic heterocycles. The third-order valence-corrected chi connectivity index (χ3v) is 4.65. The third-order valence-electron chi connectivity index (χ3n) is 2.35. The van der Waals surface area contributed by atoms with Crippen LogP contribution in [-0.2, 0) is 20.9 Å². The minimum absolute atomic E-state index is 0.101. The van der Waals surface area contributed by atoms with Crippen LogP contribution in [0.1, 0.15) is 5.56 Å². The van der Waals surface area contributed by atoms with Gasteiger partial charge in [0, 0.05) is 12.4 Å². The summed E-state index contributed by atoms with van der Waals surface area (Å²) >= 11 is 3.10. The Labute approximate surface area is 123 Å². The van der Waals surface area contributed by atoms with Crippen molar-refractivity contribution in [2.75, 3.05) is 19.0 Å². The van der Waals surface area contributed by atoms with Gasteiger partial charge in [0.15, 0.2) is 0 Å². The molecule has 0 saturated carbocycles. The van der Waals surface area contributed by atoms with Crippen molar-refractivity contribution >= 4 is 26.0 Å². The van der Waals surface area contributed by atoms with Gasteiger partial charge >= 0.3 is 6.18 Å². The van der Waals surface area contributed by atoms with Gasteiger partial charge in [-0.2, -0.15) is 13.2 Å². The first kappa shape index (κ1) is 17.4. The Bertz CT molecular complexity index is 548. The number of nitrogens with one attached hydrogen (secondary N) is 1. The molecule has 1 atom stereocenters. The van der Waals surface area contributed by atoms with Crippen molar-refractivity contribution < 1.29 is 26.3 Å². The minimum Gasteiger partial charge on any atom is -0.383 e. The molecule has 0 radical (unpaired) electrons. The normalized spacial score (nSPS) is 14.2. The minimum atomic E-state index is -4.59. The van der Waals surface area contributed by atoms with Crippen LogP contribution < -0.4 is 4.72 Å². The summed E-state index contributed by atoms with van der Waals surface area (Å²) in [6, 6.07) is 3.00. The molecule has 0 saturated heterocycles. The molecular weight excluding hydrogens is 363 g/mol. The predicted octanol–water partition coefficient (Wildman–Crippen LogP) is 2.39. The quantitative estimate of drug-likeness (QED) is 0.776. The zero-order valence-electron chi connectivity index (χ0n) is 10.4. The number of benzene rings is 1. The summed E-state index contributed by atoms with van der Waals surface area (Å²) in [5.74, 6) is 0. The lowest BCUT2D eigenvalue weighted by molar-refractivity contribution is -0.137. The van der Waals surface area contributed by atoms with Crippen molar-refractivity contribution in [3.8, 4) is 0 Å². The molecule has 1 aromatic carbocycles. The molecule has 0 aliphatic rings. The number of sulfonamides is 1. The summed E-state index contributed by atoms with van der Waals surface area (Å²) in [4.78, 5) is -0.436. The second-order valence-corrected chi connectivity index (χ2v) is 6.31. The van der Waals surface area contributed by atoms with E-state index in [2.05, 4.69) is 20.7 Å². The monoisotopic (exact) mass is 375 g/mol. The third kappa shape index (κ3) is 4.72. The Morgan fingerprint density at radius 1 is 1.40 bits per heavy atom. The Hall–Kier alpha value is -0.640. The van der Waals surface area contributed by atoms with Crippen molar-refractivity contribution in [2.45, 2.75) is 17.1 Å². The van der Waals surface area contributed by atoms with Gasteiger partial charge in [-0.1, -0.05) is 22.0 Å². The van der Waals surface area contributed by atoms with E-state index in [4.69, 9.17) is 4.74 Å². The van der Waals surface area contributed by atoms with E-state index in [1.807, 2.05) is 0 Å². The van der Waals surface area contributed by atoms with Gasteiger partial charge in [-0.25, -0.2) is 13.1 Å². The maximum absolute atomic E-state index is 12.6. The smallest absolute Gasteiger partial charge is 0.383 e. The fourth-order valence-corrected chi connectivity index (χ4v) is 3.27. The van der Waals surface area contributed by atoms with Gasteiger partial charge in [0.1, 0.15) is 0 Å². The van der Waals surface area contributed by atoms with Crippen LogP contribution >= 0.6 is 15.9 Å². The predicted molar refractivity (Wildman–Crippen MR) is 71.2 cm³/mol. The van der Waals surface area contributed by atoms with Gasteiger partial charge < -0.3 is 4.74 Å². The molecule has 0 aliphatic heterocycles. The Morgan fingerprint density at radius 2 is 2.05 bits per heavy atom. The summed E-state index contributed by atoms with van der Waals surface area (Å²) in [5.41, 5.74) is -1.01. The van der Waals surface area contributed by atoms with Gasteiger partial charge in [0.25, 0.3) is 0 Å². The average molecular weight is 376 g/mol. The number of methoxy groups -OCH3 is 1. The van der Waals surface area contributed by atoms with E-state index in [-0.39, 0.29) is 11.9 Å². The van der Waals surface area contributed by atoms with Gasteiger partial charge in [-0.15, -0.1) is 0 Å². The zero-order chi connectivity index (χ0) is 15.4. The second-order valence-electron chi connectivity index (χ2n) is 3.95. The van der Waals surface area contributed by atoms with E-state index in [0.717, 1.165) is 18.2 Å². The summed E-state index contributed by atoms with van der Waals surface area (Å²) in [6.45, 7) is 0.101. The molecule has 0 amide bonds. The average Bonchev–Trinajstić information content (AvgIpc) is 2.37. The molecule has 0 bridgehead atoms. The first-order valence-corrected chi connectivity index (χ1v) is 8.05. The molecule has 0 heterocycles. The van der Waals surface area contributed by atoms with Crippen LogP contribution in [0.15, 0.2) is 29.2 Å². The number of alkyl halides is 4. The Balaban J connectivity index is 3.04. The maximum Gasteiger partial charge on any atom is 0.416 e. The molecular formula is C11H13BrF3NO3S. The molecule has 9 heteroatoms. The van der Waals surface area contributed by atoms with Crippen molar-refractivity contribution in [3.63, 3.8) is 0 Å². The molecule has 1 N–H and O–H groups in total. The SMILES string of the molecule is COCC(CBr)NS(=O)(=O)c1cccc(C(F)(F)F)c1. The summed E-state index contributed by atoms with van der Waals surface area (Å²) in [6.07, 6.45) is -4.59. The summed E-state index contributed by atoms with van der Waals surface area (Å²) in [7, 11) is -2.64. The van der Waals surface area contributed by atoms with Gasteiger partial charge in [0.2, 0.25) is 10.0 Å². The number of hydrogen-bond acceptors (Lipinski definition) is 3. The van der Waals surface area contributed by atoms with Crippen molar-refractivity contribution in [2.24, 2.45) is 0 Å². The standard InChI is InChI=1S/C11H13BrF3NO3S/c1-19-7-9(6-12)16-20(17,18)10-4-2-3-8(5-10)11(13,14)15/h2-5,9,16H,6-7H2,1H3. The highest BCUT2D eigenvalue weighted by molar-refractivity contribution is 9.09. The molecule has 0 aliphatic carbocycles. The first-order valence-electron chi connectivity index (χ1n) is 5.45. The Morgan fingerprint density at radius 3 is 2.55 bits per heavy atom. The maximum atomic E-state index is 12.6. The summed E-state index contributed by atoms with van der Waals surface area (Å²) < 4.78 is 68.8. The molecule has 114 valence electrons. The lowest BCUT2D eigenvalue weighted by Gasteiger charge is -2.16. The van der Waals surface area contributed by atoms with Crippen molar-refractivity contribution in [1.29, 1.82) is 0 Å². The van der Waals surface area contributed by atoms with Gasteiger partial charge in [-0.3, -0.25) is 0 Å². The highest BCUT2D eigenvalue weighted by Crippen LogP contribution is 2.30. The largest absolute Gasteiger partial charge is 0.416 e. The number of rotatable bonds is 6. The lowest BCUT2D eigenvalue weighted by atomic mass is 10.2. The topological polar surface area (TPSA) is 55.4 Å². The number of hydrogen-bond donors (Lipinski definition) is 1. The molecule has 1 rings (SSSR count). The molecule has 4 nitrogen and oxygen atoms in total. The van der Waals surface area contributed by atoms with Crippen LogP contribution in [0.4, 0.5) is 13.2 Å². The van der Waals surface area contributed by atoms with E-state index < -0.39 is 32.7 Å². The molecule has 1 aromatic rings. The fourth-order valence-electron chi connectivity index (χ4n) is 1.44. The molecule has 1 unspecified atom stereocenters. The van der Waals surface area contributed by atoms with Crippen LogP contribution in [0.5, 0.6) is 0 Å². The van der Waals surface area contributed by atoms with Crippen molar-refractivity contribution in [3.05, 3.63) is 29.8 Å². The van der Waals surface area contributed by atoms with E-state index in [9.17, 15) is 21.6 Å². The number of ether oxygens (including phenoxy) is 1. The highest BCUT2D eigenvalue weighted by Gasteiger charge is 2.32. The second kappa shape index (κ2) is 6.88. The summed E-state index contributed by atoms with van der Waals surface area (Å²) in [5, 5.41) is 0.277. The molecule has 0 fully saturated rings. The van der Waals surface area contributed by atoms with Crippen molar-refractivity contribution in [1.82, 2.24) is 4.72 Å². The first-order chi connectivity index (χ1) is 9.20. The number of halogens is 4. The fraction of sp³-hybridized carbons (Fsp3) is 0.455. The molecule has 20 heavy (non-hydrogen) atoms. The zero-order valence-corrected chi connectivity index (χ0v) is 12.8. The lowest BCUT2D eigenvalue weighted by Crippen LogP contribution is -2.39. The highest BCUT2D eigenvalue weighted by atomic mass is 79.9. The molecule has 0 spiro atoms. The van der Waals surface area contributed by atoms with E-state index >= 15 is 0 Å². The van der Waals surface area contributed by atoms with E-state index in [1.165, 1.54) is 7.11 Å². The van der Waals surface area contributed by atoms with Crippen LogP contribution in [0, 0.1) is 0 Å². The van der Waals surface area contributed by atoms with E-state index in [1.54, 1.807) is 0 Å².